The van der Waals surface area contributed by atoms with Crippen molar-refractivity contribution in [2.45, 2.75) is 0 Å². The zero-order chi connectivity index (χ0) is 22.6. The van der Waals surface area contributed by atoms with Gasteiger partial charge in [-0.3, -0.25) is 9.89 Å². The maximum atomic E-state index is 13.1. The maximum absolute atomic E-state index is 13.1. The van der Waals surface area contributed by atoms with Crippen molar-refractivity contribution in [3.05, 3.63) is 78.2 Å². The number of rotatable bonds is 5. The van der Waals surface area contributed by atoms with E-state index in [9.17, 15) is 9.18 Å². The number of hydrogen-bond acceptors (Lipinski definition) is 6. The smallest absolute Gasteiger partial charge is 0.273 e. The molecular weight excluding hydrogens is 423 g/mol. The van der Waals surface area contributed by atoms with Gasteiger partial charge < -0.3 is 15.0 Å². The fourth-order valence-corrected chi connectivity index (χ4v) is 3.60. The zero-order valence-electron chi connectivity index (χ0n) is 17.7. The van der Waals surface area contributed by atoms with Gasteiger partial charge in [0.15, 0.2) is 5.82 Å². The maximum Gasteiger partial charge on any atom is 0.273 e. The van der Waals surface area contributed by atoms with Crippen LogP contribution in [0.3, 0.4) is 0 Å². The Bertz CT molecular complexity index is 1250. The van der Waals surface area contributed by atoms with Crippen molar-refractivity contribution in [1.29, 1.82) is 0 Å². The van der Waals surface area contributed by atoms with E-state index in [1.54, 1.807) is 24.3 Å². The topological polar surface area (TPSA) is 96.0 Å². The quantitative estimate of drug-likeness (QED) is 0.487. The molecule has 5 rings (SSSR count). The van der Waals surface area contributed by atoms with E-state index in [0.29, 0.717) is 41.5 Å². The van der Waals surface area contributed by atoms with Crippen LogP contribution >= 0.6 is 0 Å². The SMILES string of the molecule is O=C(Nc1cccc(-c2ccc(N3CCOCC3)nn2)c1)c1cc(-c2ccc(F)cc2)n[nH]1. The number of nitrogens with zero attached hydrogens (tertiary/aromatic N) is 4. The van der Waals surface area contributed by atoms with Gasteiger partial charge in [-0.25, -0.2) is 4.39 Å². The second-order valence-corrected chi connectivity index (χ2v) is 7.58. The van der Waals surface area contributed by atoms with E-state index in [4.69, 9.17) is 4.74 Å². The monoisotopic (exact) mass is 444 g/mol. The fourth-order valence-electron chi connectivity index (χ4n) is 3.60. The summed E-state index contributed by atoms with van der Waals surface area (Å²) in [6, 6.07) is 18.8. The van der Waals surface area contributed by atoms with Gasteiger partial charge in [-0.05, 0) is 54.6 Å². The molecule has 1 fully saturated rings. The Kier molecular flexibility index (Phi) is 5.77. The molecule has 1 aliphatic rings. The molecule has 1 aliphatic heterocycles. The molecule has 0 saturated carbocycles. The van der Waals surface area contributed by atoms with E-state index in [2.05, 4.69) is 30.6 Å². The Balaban J connectivity index is 1.28. The third-order valence-corrected chi connectivity index (χ3v) is 5.36. The normalized spacial score (nSPS) is 13.7. The number of aromatic nitrogens is 4. The number of carbonyl (C=O) groups excluding carboxylic acids is 1. The number of halogens is 1. The highest BCUT2D eigenvalue weighted by Gasteiger charge is 2.14. The van der Waals surface area contributed by atoms with Crippen molar-refractivity contribution < 1.29 is 13.9 Å². The third-order valence-electron chi connectivity index (χ3n) is 5.36. The highest BCUT2D eigenvalue weighted by atomic mass is 19.1. The van der Waals surface area contributed by atoms with E-state index in [0.717, 1.165) is 24.5 Å². The molecule has 1 saturated heterocycles. The van der Waals surface area contributed by atoms with Gasteiger partial charge in [0.05, 0.1) is 24.6 Å². The lowest BCUT2D eigenvalue weighted by atomic mass is 10.1. The van der Waals surface area contributed by atoms with Crippen LogP contribution in [0.25, 0.3) is 22.5 Å². The van der Waals surface area contributed by atoms with Gasteiger partial charge in [-0.15, -0.1) is 10.2 Å². The molecule has 0 bridgehead atoms. The van der Waals surface area contributed by atoms with Crippen molar-refractivity contribution in [2.24, 2.45) is 0 Å². The van der Waals surface area contributed by atoms with Crippen LogP contribution in [-0.2, 0) is 4.74 Å². The number of benzene rings is 2. The first kappa shape index (κ1) is 20.8. The Morgan fingerprint density at radius 3 is 2.52 bits per heavy atom. The number of morpholine rings is 1. The first-order valence-corrected chi connectivity index (χ1v) is 10.6. The minimum absolute atomic E-state index is 0.300. The summed E-state index contributed by atoms with van der Waals surface area (Å²) < 4.78 is 18.5. The molecule has 0 aliphatic carbocycles. The molecule has 166 valence electrons. The second-order valence-electron chi connectivity index (χ2n) is 7.58. The molecule has 3 heterocycles. The Morgan fingerprint density at radius 1 is 0.939 bits per heavy atom. The minimum Gasteiger partial charge on any atom is -0.378 e. The lowest BCUT2D eigenvalue weighted by Gasteiger charge is -2.27. The van der Waals surface area contributed by atoms with Crippen LogP contribution < -0.4 is 10.2 Å². The molecule has 2 aromatic carbocycles. The van der Waals surface area contributed by atoms with Gasteiger partial charge in [-0.2, -0.15) is 5.10 Å². The van der Waals surface area contributed by atoms with E-state index < -0.39 is 0 Å². The predicted octanol–water partition coefficient (Wildman–Crippen LogP) is 3.76. The molecule has 2 aromatic heterocycles. The standard InChI is InChI=1S/C24H21FN6O2/c25-18-6-4-16(5-7-18)21-15-22(29-28-21)24(32)26-19-3-1-2-17(14-19)20-8-9-23(30-27-20)31-10-12-33-13-11-31/h1-9,14-15H,10-13H2,(H,26,32)(H,28,29). The van der Waals surface area contributed by atoms with Crippen LogP contribution in [0.15, 0.2) is 66.7 Å². The minimum atomic E-state index is -0.332. The molecular formula is C24H21FN6O2. The molecule has 0 unspecified atom stereocenters. The lowest BCUT2D eigenvalue weighted by molar-refractivity contribution is 0.102. The van der Waals surface area contributed by atoms with Crippen LogP contribution in [0.4, 0.5) is 15.9 Å². The zero-order valence-corrected chi connectivity index (χ0v) is 17.7. The van der Waals surface area contributed by atoms with E-state index >= 15 is 0 Å². The summed E-state index contributed by atoms with van der Waals surface area (Å²) in [5.74, 6) is 0.164. The largest absolute Gasteiger partial charge is 0.378 e. The van der Waals surface area contributed by atoms with Crippen LogP contribution in [0.1, 0.15) is 10.5 Å². The highest BCUT2D eigenvalue weighted by molar-refractivity contribution is 6.03. The molecule has 4 aromatic rings. The van der Waals surface area contributed by atoms with Crippen LogP contribution in [0.2, 0.25) is 0 Å². The lowest BCUT2D eigenvalue weighted by Crippen LogP contribution is -2.36. The van der Waals surface area contributed by atoms with Gasteiger partial charge >= 0.3 is 0 Å². The highest BCUT2D eigenvalue weighted by Crippen LogP contribution is 2.23. The average molecular weight is 444 g/mol. The summed E-state index contributed by atoms with van der Waals surface area (Å²) in [6.07, 6.45) is 0. The van der Waals surface area contributed by atoms with Crippen molar-refractivity contribution in [2.75, 3.05) is 36.5 Å². The van der Waals surface area contributed by atoms with E-state index in [1.165, 1.54) is 12.1 Å². The summed E-state index contributed by atoms with van der Waals surface area (Å²) in [6.45, 7) is 2.97. The van der Waals surface area contributed by atoms with E-state index in [1.807, 2.05) is 30.3 Å². The van der Waals surface area contributed by atoms with Gasteiger partial charge in [-0.1, -0.05) is 12.1 Å². The number of aromatic amines is 1. The molecule has 2 N–H and O–H groups in total. The average Bonchev–Trinajstić information content (AvgIpc) is 3.36. The summed E-state index contributed by atoms with van der Waals surface area (Å²) in [5, 5.41) is 18.5. The third kappa shape index (κ3) is 4.73. The van der Waals surface area contributed by atoms with Gasteiger partial charge in [0.25, 0.3) is 5.91 Å². The van der Waals surface area contributed by atoms with E-state index in [-0.39, 0.29) is 11.7 Å². The molecule has 33 heavy (non-hydrogen) atoms. The fraction of sp³-hybridized carbons (Fsp3) is 0.167. The molecule has 0 radical (unpaired) electrons. The molecule has 1 amide bonds. The number of hydrogen-bond donors (Lipinski definition) is 2. The molecule has 0 atom stereocenters. The number of ether oxygens (including phenoxy) is 1. The predicted molar refractivity (Wildman–Crippen MR) is 122 cm³/mol. The van der Waals surface area contributed by atoms with Crippen LogP contribution in [0.5, 0.6) is 0 Å². The summed E-state index contributed by atoms with van der Waals surface area (Å²) in [7, 11) is 0. The first-order chi connectivity index (χ1) is 16.2. The van der Waals surface area contributed by atoms with Crippen molar-refractivity contribution in [1.82, 2.24) is 20.4 Å². The number of anilines is 2. The number of nitrogens with one attached hydrogen (secondary N) is 2. The van der Waals surface area contributed by atoms with Crippen molar-refractivity contribution in [3.63, 3.8) is 0 Å². The molecule has 0 spiro atoms. The summed E-state index contributed by atoms with van der Waals surface area (Å²) in [5.41, 5.74) is 3.75. The summed E-state index contributed by atoms with van der Waals surface area (Å²) in [4.78, 5) is 14.8. The number of H-pyrrole nitrogens is 1. The Morgan fingerprint density at radius 2 is 1.76 bits per heavy atom. The number of carbonyl (C=O) groups is 1. The summed E-state index contributed by atoms with van der Waals surface area (Å²) >= 11 is 0. The Labute approximate surface area is 189 Å². The Hall–Kier alpha value is -4.11. The van der Waals surface area contributed by atoms with Gasteiger partial charge in [0, 0.05) is 29.9 Å². The van der Waals surface area contributed by atoms with Crippen molar-refractivity contribution >= 4 is 17.4 Å². The first-order valence-electron chi connectivity index (χ1n) is 10.6. The molecule has 9 heteroatoms. The van der Waals surface area contributed by atoms with Gasteiger partial charge in [0.1, 0.15) is 11.5 Å². The van der Waals surface area contributed by atoms with Gasteiger partial charge in [0.2, 0.25) is 0 Å². The number of amides is 1. The van der Waals surface area contributed by atoms with Crippen molar-refractivity contribution in [3.8, 4) is 22.5 Å². The molecule has 8 nitrogen and oxygen atoms in total. The van der Waals surface area contributed by atoms with Crippen LogP contribution in [-0.4, -0.2) is 52.6 Å². The second kappa shape index (κ2) is 9.17. The van der Waals surface area contributed by atoms with Crippen LogP contribution in [0, 0.1) is 5.82 Å².